The number of benzene rings is 2. The second kappa shape index (κ2) is 6.66. The van der Waals surface area contributed by atoms with Crippen LogP contribution >= 0.6 is 0 Å². The Kier molecular flexibility index (Phi) is 4.77. The lowest BCUT2D eigenvalue weighted by atomic mass is 10.1. The fourth-order valence-electron chi connectivity index (χ4n) is 2.02. The van der Waals surface area contributed by atoms with E-state index in [-0.39, 0.29) is 0 Å². The van der Waals surface area contributed by atoms with E-state index in [1.54, 1.807) is 0 Å². The van der Waals surface area contributed by atoms with Crippen molar-refractivity contribution in [2.24, 2.45) is 0 Å². The van der Waals surface area contributed by atoms with E-state index < -0.39 is 55.9 Å². The third kappa shape index (κ3) is 3.85. The Morgan fingerprint density at radius 1 is 1.04 bits per heavy atom. The van der Waals surface area contributed by atoms with E-state index in [0.29, 0.717) is 18.2 Å². The van der Waals surface area contributed by atoms with Crippen molar-refractivity contribution in [1.29, 1.82) is 0 Å². The molecule has 0 aliphatic carbocycles. The van der Waals surface area contributed by atoms with Crippen molar-refractivity contribution in [2.45, 2.75) is 6.18 Å². The minimum absolute atomic E-state index is 0.373. The molecule has 26 heavy (non-hydrogen) atoms. The number of halogens is 3. The van der Waals surface area contributed by atoms with Crippen LogP contribution in [0, 0.1) is 20.2 Å². The summed E-state index contributed by atoms with van der Waals surface area (Å²) >= 11 is 0. The zero-order valence-corrected chi connectivity index (χ0v) is 12.5. The highest BCUT2D eigenvalue weighted by atomic mass is 19.4. The summed E-state index contributed by atoms with van der Waals surface area (Å²) in [6.45, 7) is 0. The van der Waals surface area contributed by atoms with Gasteiger partial charge in [-0.15, -0.1) is 0 Å². The van der Waals surface area contributed by atoms with Crippen molar-refractivity contribution < 1.29 is 32.9 Å². The third-order valence-electron chi connectivity index (χ3n) is 3.19. The lowest BCUT2D eigenvalue weighted by Crippen LogP contribution is -2.14. The van der Waals surface area contributed by atoms with Crippen LogP contribution in [0.3, 0.4) is 0 Å². The summed E-state index contributed by atoms with van der Waals surface area (Å²) in [6.07, 6.45) is -5.03. The summed E-state index contributed by atoms with van der Waals surface area (Å²) in [4.78, 5) is 31.3. The number of phenols is 1. The van der Waals surface area contributed by atoms with Gasteiger partial charge in [-0.3, -0.25) is 25.0 Å². The first-order valence-corrected chi connectivity index (χ1v) is 6.65. The van der Waals surface area contributed by atoms with Crippen LogP contribution < -0.4 is 5.32 Å². The Morgan fingerprint density at radius 3 is 2.19 bits per heavy atom. The molecule has 0 aliphatic heterocycles. The molecule has 0 radical (unpaired) electrons. The van der Waals surface area contributed by atoms with Crippen LogP contribution in [0.25, 0.3) is 0 Å². The normalized spacial score (nSPS) is 11.0. The van der Waals surface area contributed by atoms with E-state index in [1.165, 1.54) is 0 Å². The maximum Gasteiger partial charge on any atom is 0.423 e. The monoisotopic (exact) mass is 371 g/mol. The van der Waals surface area contributed by atoms with Gasteiger partial charge in [-0.25, -0.2) is 0 Å². The molecule has 2 aromatic rings. The Hall–Kier alpha value is -3.70. The Morgan fingerprint density at radius 2 is 1.69 bits per heavy atom. The molecule has 9 nitrogen and oxygen atoms in total. The fraction of sp³-hybridized carbons (Fsp3) is 0.0714. The second-order valence-electron chi connectivity index (χ2n) is 4.90. The number of nitro benzene ring substituents is 2. The van der Waals surface area contributed by atoms with E-state index >= 15 is 0 Å². The number of anilines is 1. The van der Waals surface area contributed by atoms with Crippen molar-refractivity contribution in [1.82, 2.24) is 0 Å². The van der Waals surface area contributed by atoms with Crippen molar-refractivity contribution >= 4 is 23.0 Å². The molecule has 0 heterocycles. The summed E-state index contributed by atoms with van der Waals surface area (Å²) in [6, 6.07) is 4.37. The van der Waals surface area contributed by atoms with E-state index in [0.717, 1.165) is 18.2 Å². The minimum atomic E-state index is -5.03. The van der Waals surface area contributed by atoms with Gasteiger partial charge >= 0.3 is 6.18 Å². The molecular formula is C14H8F3N3O6. The average Bonchev–Trinajstić information content (AvgIpc) is 2.53. The van der Waals surface area contributed by atoms with E-state index in [2.05, 4.69) is 0 Å². The number of rotatable bonds is 4. The van der Waals surface area contributed by atoms with Crippen LogP contribution in [0.1, 0.15) is 15.9 Å². The van der Waals surface area contributed by atoms with Gasteiger partial charge in [-0.05, 0) is 18.2 Å². The lowest BCUT2D eigenvalue weighted by molar-refractivity contribution is -0.388. The van der Waals surface area contributed by atoms with Crippen LogP contribution in [-0.4, -0.2) is 20.9 Å². The Balaban J connectivity index is 2.35. The first-order chi connectivity index (χ1) is 12.0. The van der Waals surface area contributed by atoms with Gasteiger partial charge in [0.1, 0.15) is 11.3 Å². The average molecular weight is 371 g/mol. The SMILES string of the molecule is O=C(Nc1ccc([N+](=O)[O-])c(C(F)(F)F)c1)c1ccc([N+](=O)[O-])cc1O. The first kappa shape index (κ1) is 18.6. The van der Waals surface area contributed by atoms with Crippen LogP contribution in [0.2, 0.25) is 0 Å². The summed E-state index contributed by atoms with van der Waals surface area (Å²) in [5.41, 5.74) is -4.08. The highest BCUT2D eigenvalue weighted by Gasteiger charge is 2.38. The van der Waals surface area contributed by atoms with Gasteiger partial charge in [0, 0.05) is 17.8 Å². The molecule has 0 aromatic heterocycles. The summed E-state index contributed by atoms with van der Waals surface area (Å²) < 4.78 is 38.7. The second-order valence-corrected chi connectivity index (χ2v) is 4.90. The molecule has 0 atom stereocenters. The van der Waals surface area contributed by atoms with Gasteiger partial charge in [0.05, 0.1) is 21.5 Å². The number of hydrogen-bond donors (Lipinski definition) is 2. The number of carbonyl (C=O) groups excluding carboxylic acids is 1. The lowest BCUT2D eigenvalue weighted by Gasteiger charge is -2.11. The number of nitrogens with zero attached hydrogens (tertiary/aromatic N) is 2. The predicted octanol–water partition coefficient (Wildman–Crippen LogP) is 3.48. The number of aromatic hydroxyl groups is 1. The van der Waals surface area contributed by atoms with Gasteiger partial charge in [0.15, 0.2) is 0 Å². The standard InChI is InChI=1S/C14H8F3N3O6/c15-14(16,17)10-5-7(1-4-11(10)20(25)26)18-13(22)9-3-2-8(19(23)24)6-12(9)21/h1-6,21H,(H,18,22). The molecule has 1 amide bonds. The molecule has 2 aromatic carbocycles. The third-order valence-corrected chi connectivity index (χ3v) is 3.19. The number of carbonyl (C=O) groups is 1. The highest BCUT2D eigenvalue weighted by Crippen LogP contribution is 2.37. The molecule has 0 bridgehead atoms. The molecule has 2 rings (SSSR count). The fourth-order valence-corrected chi connectivity index (χ4v) is 2.02. The number of amides is 1. The molecule has 12 heteroatoms. The van der Waals surface area contributed by atoms with E-state index in [4.69, 9.17) is 0 Å². The van der Waals surface area contributed by atoms with Crippen molar-refractivity contribution in [3.63, 3.8) is 0 Å². The van der Waals surface area contributed by atoms with E-state index in [9.17, 15) is 43.3 Å². The van der Waals surface area contributed by atoms with Crippen LogP contribution in [0.5, 0.6) is 5.75 Å². The number of alkyl halides is 3. The van der Waals surface area contributed by atoms with Gasteiger partial charge in [0.25, 0.3) is 17.3 Å². The summed E-state index contributed by atoms with van der Waals surface area (Å²) in [5.74, 6) is -1.81. The number of phenolic OH excluding ortho intramolecular Hbond substituents is 1. The number of hydrogen-bond acceptors (Lipinski definition) is 6. The quantitative estimate of drug-likeness (QED) is 0.624. The molecule has 2 N–H and O–H groups in total. The largest absolute Gasteiger partial charge is 0.507 e. The number of nitrogens with one attached hydrogen (secondary N) is 1. The first-order valence-electron chi connectivity index (χ1n) is 6.65. The number of nitro groups is 2. The number of non-ortho nitro benzene ring substituents is 1. The van der Waals surface area contributed by atoms with Crippen molar-refractivity contribution in [2.75, 3.05) is 5.32 Å². The predicted molar refractivity (Wildman–Crippen MR) is 80.8 cm³/mol. The molecule has 0 saturated heterocycles. The van der Waals surface area contributed by atoms with Gasteiger partial charge in [-0.1, -0.05) is 0 Å². The smallest absolute Gasteiger partial charge is 0.423 e. The summed E-state index contributed by atoms with van der Waals surface area (Å²) in [7, 11) is 0. The van der Waals surface area contributed by atoms with E-state index in [1.807, 2.05) is 5.32 Å². The molecule has 136 valence electrons. The molecule has 0 saturated carbocycles. The van der Waals surface area contributed by atoms with Gasteiger partial charge < -0.3 is 10.4 Å². The van der Waals surface area contributed by atoms with Crippen LogP contribution in [0.15, 0.2) is 36.4 Å². The van der Waals surface area contributed by atoms with Crippen molar-refractivity contribution in [3.05, 3.63) is 67.8 Å². The zero-order chi connectivity index (χ0) is 19.6. The minimum Gasteiger partial charge on any atom is -0.507 e. The van der Waals surface area contributed by atoms with Crippen molar-refractivity contribution in [3.8, 4) is 5.75 Å². The maximum absolute atomic E-state index is 12.9. The van der Waals surface area contributed by atoms with Gasteiger partial charge in [0.2, 0.25) is 0 Å². The molecule has 0 spiro atoms. The summed E-state index contributed by atoms with van der Waals surface area (Å²) in [5, 5.41) is 33.0. The maximum atomic E-state index is 12.9. The Labute approximate surface area is 142 Å². The van der Waals surface area contributed by atoms with Crippen LogP contribution in [-0.2, 0) is 6.18 Å². The van der Waals surface area contributed by atoms with Gasteiger partial charge in [-0.2, -0.15) is 13.2 Å². The molecular weight excluding hydrogens is 363 g/mol. The Bertz CT molecular complexity index is 913. The molecule has 0 aliphatic rings. The topological polar surface area (TPSA) is 136 Å². The van der Waals surface area contributed by atoms with Crippen LogP contribution in [0.4, 0.5) is 30.2 Å². The zero-order valence-electron chi connectivity index (χ0n) is 12.5. The molecule has 0 unspecified atom stereocenters. The highest BCUT2D eigenvalue weighted by molar-refractivity contribution is 6.06. The molecule has 0 fully saturated rings.